The van der Waals surface area contributed by atoms with Gasteiger partial charge < -0.3 is 9.80 Å². The van der Waals surface area contributed by atoms with E-state index in [0.717, 1.165) is 46.4 Å². The lowest BCUT2D eigenvalue weighted by Crippen LogP contribution is -2.34. The molecule has 5 rings (SSSR count). The van der Waals surface area contributed by atoms with Gasteiger partial charge in [0, 0.05) is 38.0 Å². The SMILES string of the molecule is Cc1ccc2nc(-c3cccs3)c(CN(CCCN3CCCC3=O)C(=O)c3cncs3)cc2c1. The molecule has 8 heteroatoms. The molecule has 4 heterocycles. The monoisotopic (exact) mass is 490 g/mol. The van der Waals surface area contributed by atoms with Crippen LogP contribution in [0.5, 0.6) is 0 Å². The van der Waals surface area contributed by atoms with E-state index < -0.39 is 0 Å². The first-order chi connectivity index (χ1) is 16.6. The zero-order valence-corrected chi connectivity index (χ0v) is 20.7. The van der Waals surface area contributed by atoms with E-state index >= 15 is 0 Å². The van der Waals surface area contributed by atoms with Crippen LogP contribution in [0.25, 0.3) is 21.5 Å². The number of carbonyl (C=O) groups excluding carboxylic acids is 2. The third-order valence-corrected chi connectivity index (χ3v) is 7.76. The number of pyridine rings is 1. The first-order valence-electron chi connectivity index (χ1n) is 11.5. The highest BCUT2D eigenvalue weighted by Crippen LogP contribution is 2.31. The summed E-state index contributed by atoms with van der Waals surface area (Å²) in [6, 6.07) is 12.5. The minimum atomic E-state index is -0.0308. The fourth-order valence-corrected chi connectivity index (χ4v) is 5.75. The quantitative estimate of drug-likeness (QED) is 0.332. The lowest BCUT2D eigenvalue weighted by molar-refractivity contribution is -0.127. The molecule has 3 aromatic heterocycles. The number of aryl methyl sites for hydroxylation is 1. The Kier molecular flexibility index (Phi) is 6.69. The van der Waals surface area contributed by atoms with Crippen LogP contribution in [-0.2, 0) is 11.3 Å². The normalized spacial score (nSPS) is 13.7. The fourth-order valence-electron chi connectivity index (χ4n) is 4.42. The Morgan fingerprint density at radius 1 is 1.21 bits per heavy atom. The number of thiophene rings is 1. The molecule has 6 nitrogen and oxygen atoms in total. The summed E-state index contributed by atoms with van der Waals surface area (Å²) in [6.45, 7) is 4.59. The lowest BCUT2D eigenvalue weighted by Gasteiger charge is -2.25. The van der Waals surface area contributed by atoms with Crippen LogP contribution in [0.1, 0.15) is 40.1 Å². The molecule has 34 heavy (non-hydrogen) atoms. The summed E-state index contributed by atoms with van der Waals surface area (Å²) in [6.07, 6.45) is 3.93. The van der Waals surface area contributed by atoms with Gasteiger partial charge in [0.15, 0.2) is 0 Å². The highest BCUT2D eigenvalue weighted by molar-refractivity contribution is 7.13. The number of amides is 2. The number of nitrogens with zero attached hydrogens (tertiary/aromatic N) is 4. The summed E-state index contributed by atoms with van der Waals surface area (Å²) >= 11 is 3.01. The smallest absolute Gasteiger partial charge is 0.265 e. The van der Waals surface area contributed by atoms with Gasteiger partial charge in [-0.2, -0.15) is 0 Å². The molecule has 1 aliphatic heterocycles. The predicted octanol–water partition coefficient (Wildman–Crippen LogP) is 5.38. The molecule has 0 spiro atoms. The molecule has 0 aliphatic carbocycles. The van der Waals surface area contributed by atoms with Crippen LogP contribution in [-0.4, -0.2) is 51.2 Å². The minimum absolute atomic E-state index is 0.0308. The minimum Gasteiger partial charge on any atom is -0.343 e. The zero-order chi connectivity index (χ0) is 23.5. The topological polar surface area (TPSA) is 66.4 Å². The summed E-state index contributed by atoms with van der Waals surface area (Å²) in [5, 5.41) is 3.12. The molecule has 174 valence electrons. The molecular weight excluding hydrogens is 464 g/mol. The average Bonchev–Trinajstić information content (AvgIpc) is 3.61. The second-order valence-corrected chi connectivity index (χ2v) is 10.4. The van der Waals surface area contributed by atoms with Crippen LogP contribution in [0, 0.1) is 6.92 Å². The van der Waals surface area contributed by atoms with E-state index in [0.29, 0.717) is 30.9 Å². The standard InChI is InChI=1S/C26H26N4O2S2/c1-18-7-8-21-19(13-18)14-20(25(28-21)22-5-3-12-33-22)16-30(26(32)23-15-27-17-34-23)11-4-10-29-9-2-6-24(29)31/h3,5,7-8,12-15,17H,2,4,6,9-11,16H2,1H3. The van der Waals surface area contributed by atoms with Crippen molar-refractivity contribution in [3.8, 4) is 10.6 Å². The van der Waals surface area contributed by atoms with Crippen molar-refractivity contribution in [3.63, 3.8) is 0 Å². The van der Waals surface area contributed by atoms with Crippen LogP contribution in [0.2, 0.25) is 0 Å². The molecule has 0 unspecified atom stereocenters. The van der Waals surface area contributed by atoms with Crippen molar-refractivity contribution in [3.05, 3.63) is 69.5 Å². The Morgan fingerprint density at radius 2 is 2.12 bits per heavy atom. The van der Waals surface area contributed by atoms with Crippen LogP contribution < -0.4 is 0 Å². The number of likely N-dealkylation sites (tertiary alicyclic amines) is 1. The Morgan fingerprint density at radius 3 is 2.85 bits per heavy atom. The van der Waals surface area contributed by atoms with Gasteiger partial charge in [0.25, 0.3) is 5.91 Å². The van der Waals surface area contributed by atoms with Crippen molar-refractivity contribution >= 4 is 45.4 Å². The van der Waals surface area contributed by atoms with Gasteiger partial charge in [-0.05, 0) is 55.0 Å². The van der Waals surface area contributed by atoms with E-state index in [-0.39, 0.29) is 11.8 Å². The van der Waals surface area contributed by atoms with E-state index in [1.165, 1.54) is 16.9 Å². The summed E-state index contributed by atoms with van der Waals surface area (Å²) < 4.78 is 0. The van der Waals surface area contributed by atoms with Crippen LogP contribution >= 0.6 is 22.7 Å². The number of hydrogen-bond acceptors (Lipinski definition) is 6. The molecule has 1 aromatic carbocycles. The number of rotatable bonds is 8. The van der Waals surface area contributed by atoms with Gasteiger partial charge in [-0.15, -0.1) is 22.7 Å². The lowest BCUT2D eigenvalue weighted by atomic mass is 10.1. The van der Waals surface area contributed by atoms with Gasteiger partial charge in [-0.25, -0.2) is 4.98 Å². The molecule has 1 saturated heterocycles. The molecule has 2 amide bonds. The molecule has 0 bridgehead atoms. The van der Waals surface area contributed by atoms with Crippen molar-refractivity contribution in [1.82, 2.24) is 19.8 Å². The summed E-state index contributed by atoms with van der Waals surface area (Å²) in [5.41, 5.74) is 5.76. The largest absolute Gasteiger partial charge is 0.343 e. The zero-order valence-electron chi connectivity index (χ0n) is 19.1. The highest BCUT2D eigenvalue weighted by Gasteiger charge is 2.23. The van der Waals surface area contributed by atoms with E-state index in [1.807, 2.05) is 21.2 Å². The molecule has 0 saturated carbocycles. The van der Waals surface area contributed by atoms with Gasteiger partial charge >= 0.3 is 0 Å². The Hall–Kier alpha value is -3.10. The molecule has 4 aromatic rings. The maximum Gasteiger partial charge on any atom is 0.265 e. The number of fused-ring (bicyclic) bond motifs is 1. The Balaban J connectivity index is 1.46. The third kappa shape index (κ3) is 4.88. The number of benzene rings is 1. The van der Waals surface area contributed by atoms with Crippen molar-refractivity contribution in [2.75, 3.05) is 19.6 Å². The molecular formula is C26H26N4O2S2. The molecule has 0 N–H and O–H groups in total. The molecule has 0 atom stereocenters. The third-order valence-electron chi connectivity index (χ3n) is 6.12. The van der Waals surface area contributed by atoms with Crippen molar-refractivity contribution in [2.45, 2.75) is 32.7 Å². The average molecular weight is 491 g/mol. The van der Waals surface area contributed by atoms with Crippen molar-refractivity contribution < 1.29 is 9.59 Å². The number of hydrogen-bond donors (Lipinski definition) is 0. The van der Waals surface area contributed by atoms with E-state index in [1.54, 1.807) is 23.0 Å². The van der Waals surface area contributed by atoms with Gasteiger partial charge in [-0.1, -0.05) is 17.7 Å². The summed E-state index contributed by atoms with van der Waals surface area (Å²) in [4.78, 5) is 40.0. The van der Waals surface area contributed by atoms with Gasteiger partial charge in [0.2, 0.25) is 5.91 Å². The van der Waals surface area contributed by atoms with Crippen LogP contribution in [0.3, 0.4) is 0 Å². The van der Waals surface area contributed by atoms with Crippen LogP contribution in [0.15, 0.2) is 53.5 Å². The Labute approximate surface area is 206 Å². The Bertz CT molecular complexity index is 1300. The van der Waals surface area contributed by atoms with Gasteiger partial charge in [-0.3, -0.25) is 14.6 Å². The fraction of sp³-hybridized carbons (Fsp3) is 0.308. The second kappa shape index (κ2) is 10.0. The van der Waals surface area contributed by atoms with Crippen molar-refractivity contribution in [2.24, 2.45) is 0 Å². The second-order valence-electron chi connectivity index (χ2n) is 8.60. The summed E-state index contributed by atoms with van der Waals surface area (Å²) in [5.74, 6) is 0.186. The molecule has 1 fully saturated rings. The van der Waals surface area contributed by atoms with E-state index in [9.17, 15) is 9.59 Å². The predicted molar refractivity (Wildman–Crippen MR) is 137 cm³/mol. The van der Waals surface area contributed by atoms with E-state index in [4.69, 9.17) is 4.98 Å². The van der Waals surface area contributed by atoms with Gasteiger partial charge in [0.05, 0.1) is 27.8 Å². The maximum atomic E-state index is 13.4. The summed E-state index contributed by atoms with van der Waals surface area (Å²) in [7, 11) is 0. The molecule has 0 radical (unpaired) electrons. The number of carbonyl (C=O) groups is 2. The first kappa shape index (κ1) is 22.7. The van der Waals surface area contributed by atoms with Gasteiger partial charge in [0.1, 0.15) is 4.88 Å². The van der Waals surface area contributed by atoms with Crippen LogP contribution in [0.4, 0.5) is 0 Å². The van der Waals surface area contributed by atoms with Crippen molar-refractivity contribution in [1.29, 1.82) is 0 Å². The number of thiazole rings is 1. The maximum absolute atomic E-state index is 13.4. The molecule has 1 aliphatic rings. The first-order valence-corrected chi connectivity index (χ1v) is 13.2. The number of aromatic nitrogens is 2. The highest BCUT2D eigenvalue weighted by atomic mass is 32.1. The van der Waals surface area contributed by atoms with E-state index in [2.05, 4.69) is 42.2 Å².